The Hall–Kier alpha value is -3.26. The van der Waals surface area contributed by atoms with E-state index in [1.807, 2.05) is 13.8 Å². The number of carbonyl (C=O) groups excluding carboxylic acids is 4. The molecule has 2 aromatic rings. The molecule has 1 aromatic heterocycles. The predicted octanol–water partition coefficient (Wildman–Crippen LogP) is 2.11. The van der Waals surface area contributed by atoms with Crippen molar-refractivity contribution in [2.24, 2.45) is 0 Å². The van der Waals surface area contributed by atoms with Crippen LogP contribution in [0.4, 0.5) is 5.69 Å². The fourth-order valence-electron chi connectivity index (χ4n) is 2.70. The fraction of sp³-hybridized carbons (Fsp3) is 0.211. The van der Waals surface area contributed by atoms with Crippen molar-refractivity contribution in [2.45, 2.75) is 19.9 Å². The number of amides is 4. The van der Waals surface area contributed by atoms with Gasteiger partial charge >= 0.3 is 0 Å². The predicted molar refractivity (Wildman–Crippen MR) is 102 cm³/mol. The Morgan fingerprint density at radius 3 is 2.61 bits per heavy atom. The van der Waals surface area contributed by atoms with E-state index in [1.165, 1.54) is 30.5 Å². The molecule has 0 bridgehead atoms. The molecular formula is C19H17ClN4O4. The lowest BCUT2D eigenvalue weighted by Crippen LogP contribution is -2.37. The highest BCUT2D eigenvalue weighted by molar-refractivity contribution is 6.34. The van der Waals surface area contributed by atoms with Crippen molar-refractivity contribution in [1.29, 1.82) is 0 Å². The second-order valence-corrected chi connectivity index (χ2v) is 6.87. The molecule has 0 spiro atoms. The molecule has 2 heterocycles. The largest absolute Gasteiger partial charge is 0.350 e. The van der Waals surface area contributed by atoms with Gasteiger partial charge in [-0.25, -0.2) is 0 Å². The van der Waals surface area contributed by atoms with Crippen molar-refractivity contribution in [3.63, 3.8) is 0 Å². The summed E-state index contributed by atoms with van der Waals surface area (Å²) >= 11 is 6.09. The number of fused-ring (bicyclic) bond motifs is 1. The number of halogens is 1. The van der Waals surface area contributed by atoms with Crippen LogP contribution in [0.2, 0.25) is 5.02 Å². The molecule has 0 fully saturated rings. The van der Waals surface area contributed by atoms with Crippen molar-refractivity contribution < 1.29 is 19.2 Å². The first-order valence-corrected chi connectivity index (χ1v) is 8.87. The van der Waals surface area contributed by atoms with Gasteiger partial charge in [-0.2, -0.15) is 0 Å². The van der Waals surface area contributed by atoms with Crippen molar-refractivity contribution in [2.75, 3.05) is 11.9 Å². The van der Waals surface area contributed by atoms with E-state index in [-0.39, 0.29) is 33.9 Å². The third-order valence-corrected chi connectivity index (χ3v) is 4.28. The third-order valence-electron chi connectivity index (χ3n) is 3.96. The maximum atomic E-state index is 12.4. The number of aromatic nitrogens is 1. The van der Waals surface area contributed by atoms with Crippen LogP contribution in [0.1, 0.15) is 45.1 Å². The normalized spacial score (nSPS) is 12.9. The van der Waals surface area contributed by atoms with E-state index in [1.54, 1.807) is 6.07 Å². The highest BCUT2D eigenvalue weighted by atomic mass is 35.5. The molecule has 0 atom stereocenters. The number of imide groups is 1. The lowest BCUT2D eigenvalue weighted by Gasteiger charge is -2.15. The van der Waals surface area contributed by atoms with E-state index in [0.717, 1.165) is 4.90 Å². The minimum atomic E-state index is -0.632. The molecule has 0 radical (unpaired) electrons. The zero-order valence-corrected chi connectivity index (χ0v) is 15.9. The molecular weight excluding hydrogens is 384 g/mol. The first-order valence-electron chi connectivity index (χ1n) is 8.49. The van der Waals surface area contributed by atoms with Gasteiger partial charge in [0.15, 0.2) is 0 Å². The van der Waals surface area contributed by atoms with Gasteiger partial charge in [-0.15, -0.1) is 0 Å². The van der Waals surface area contributed by atoms with Gasteiger partial charge in [-0.3, -0.25) is 29.1 Å². The summed E-state index contributed by atoms with van der Waals surface area (Å²) in [4.78, 5) is 53.8. The summed E-state index contributed by atoms with van der Waals surface area (Å²) in [6.07, 6.45) is 1.40. The lowest BCUT2D eigenvalue weighted by molar-refractivity contribution is -0.116. The average Bonchev–Trinajstić information content (AvgIpc) is 2.88. The molecule has 0 saturated carbocycles. The van der Waals surface area contributed by atoms with Gasteiger partial charge in [0.1, 0.15) is 12.2 Å². The van der Waals surface area contributed by atoms with Crippen molar-refractivity contribution >= 4 is 40.9 Å². The summed E-state index contributed by atoms with van der Waals surface area (Å²) in [5, 5.41) is 5.50. The maximum absolute atomic E-state index is 12.4. The SMILES string of the molecule is CC(C)NC(=O)c1ccc(Cl)c(NC(=O)CN2C(=O)c3cccnc3C2=O)c1. The van der Waals surface area contributed by atoms with Gasteiger partial charge < -0.3 is 10.6 Å². The number of rotatable bonds is 5. The smallest absolute Gasteiger partial charge is 0.280 e. The number of hydrogen-bond donors (Lipinski definition) is 2. The van der Waals surface area contributed by atoms with E-state index in [4.69, 9.17) is 11.6 Å². The maximum Gasteiger partial charge on any atom is 0.280 e. The molecule has 3 rings (SSSR count). The number of carbonyl (C=O) groups is 4. The van der Waals surface area contributed by atoms with Crippen molar-refractivity contribution in [3.05, 3.63) is 58.4 Å². The fourth-order valence-corrected chi connectivity index (χ4v) is 2.86. The minimum absolute atomic E-state index is 0.0192. The number of pyridine rings is 1. The van der Waals surface area contributed by atoms with Gasteiger partial charge in [0.2, 0.25) is 5.91 Å². The molecule has 9 heteroatoms. The second kappa shape index (κ2) is 7.77. The molecule has 0 unspecified atom stereocenters. The third kappa shape index (κ3) is 3.86. The molecule has 144 valence electrons. The molecule has 2 N–H and O–H groups in total. The quantitative estimate of drug-likeness (QED) is 0.747. The Balaban J connectivity index is 1.73. The summed E-state index contributed by atoms with van der Waals surface area (Å²) in [6, 6.07) is 7.42. The van der Waals surface area contributed by atoms with Crippen LogP contribution < -0.4 is 10.6 Å². The molecule has 1 aliphatic heterocycles. The van der Waals surface area contributed by atoms with Crippen LogP contribution in [0.25, 0.3) is 0 Å². The molecule has 0 saturated heterocycles. The zero-order valence-electron chi connectivity index (χ0n) is 15.2. The molecule has 1 aliphatic rings. The minimum Gasteiger partial charge on any atom is -0.350 e. The van der Waals surface area contributed by atoms with Gasteiger partial charge in [0, 0.05) is 17.8 Å². The summed E-state index contributed by atoms with van der Waals surface area (Å²) in [5.74, 6) is -2.15. The standard InChI is InChI=1S/C19H17ClN4O4/c1-10(2)22-17(26)11-5-6-13(20)14(8-11)23-15(25)9-24-18(27)12-4-3-7-21-16(12)19(24)28/h3-8,10H,9H2,1-2H3,(H,22,26)(H,23,25). The second-order valence-electron chi connectivity index (χ2n) is 6.47. The van der Waals surface area contributed by atoms with Gasteiger partial charge in [0.25, 0.3) is 17.7 Å². The number of benzene rings is 1. The van der Waals surface area contributed by atoms with E-state index in [9.17, 15) is 19.2 Å². The number of hydrogen-bond acceptors (Lipinski definition) is 5. The topological polar surface area (TPSA) is 108 Å². The Labute approximate surface area is 165 Å². The van der Waals surface area contributed by atoms with Gasteiger partial charge in [-0.05, 0) is 44.2 Å². The molecule has 0 aliphatic carbocycles. The van der Waals surface area contributed by atoms with Crippen LogP contribution in [0, 0.1) is 0 Å². The van der Waals surface area contributed by atoms with Crippen LogP contribution >= 0.6 is 11.6 Å². The van der Waals surface area contributed by atoms with Gasteiger partial charge in [-0.1, -0.05) is 11.6 Å². The van der Waals surface area contributed by atoms with E-state index < -0.39 is 24.3 Å². The summed E-state index contributed by atoms with van der Waals surface area (Å²) < 4.78 is 0. The van der Waals surface area contributed by atoms with Crippen molar-refractivity contribution in [3.8, 4) is 0 Å². The van der Waals surface area contributed by atoms with Crippen LogP contribution in [-0.2, 0) is 4.79 Å². The van der Waals surface area contributed by atoms with E-state index in [0.29, 0.717) is 5.56 Å². The summed E-state index contributed by atoms with van der Waals surface area (Å²) in [7, 11) is 0. The molecule has 28 heavy (non-hydrogen) atoms. The Kier molecular flexibility index (Phi) is 5.41. The van der Waals surface area contributed by atoms with Crippen LogP contribution in [0.15, 0.2) is 36.5 Å². The highest BCUT2D eigenvalue weighted by Gasteiger charge is 2.37. The average molecular weight is 401 g/mol. The first kappa shape index (κ1) is 19.5. The molecule has 8 nitrogen and oxygen atoms in total. The van der Waals surface area contributed by atoms with Gasteiger partial charge in [0.05, 0.1) is 16.3 Å². The zero-order chi connectivity index (χ0) is 20.4. The van der Waals surface area contributed by atoms with Crippen molar-refractivity contribution in [1.82, 2.24) is 15.2 Å². The van der Waals surface area contributed by atoms with Crippen LogP contribution in [-0.4, -0.2) is 46.1 Å². The molecule has 1 aromatic carbocycles. The first-order chi connectivity index (χ1) is 13.3. The van der Waals surface area contributed by atoms with E-state index in [2.05, 4.69) is 15.6 Å². The number of nitrogens with one attached hydrogen (secondary N) is 2. The molecule has 4 amide bonds. The number of anilines is 1. The van der Waals surface area contributed by atoms with Crippen LogP contribution in [0.3, 0.4) is 0 Å². The monoisotopic (exact) mass is 400 g/mol. The Bertz CT molecular complexity index is 955. The summed E-state index contributed by atoms with van der Waals surface area (Å²) in [6.45, 7) is 3.16. The Morgan fingerprint density at radius 1 is 1.18 bits per heavy atom. The summed E-state index contributed by atoms with van der Waals surface area (Å²) in [5.41, 5.74) is 0.701. The lowest BCUT2D eigenvalue weighted by atomic mass is 10.1. The highest BCUT2D eigenvalue weighted by Crippen LogP contribution is 2.24. The van der Waals surface area contributed by atoms with Crippen LogP contribution in [0.5, 0.6) is 0 Å². The Morgan fingerprint density at radius 2 is 1.93 bits per heavy atom. The van der Waals surface area contributed by atoms with E-state index >= 15 is 0 Å². The number of nitrogens with zero attached hydrogens (tertiary/aromatic N) is 2.